The number of benzene rings is 1. The number of hydrogen-bond donors (Lipinski definition) is 1. The second-order valence-corrected chi connectivity index (χ2v) is 11.1. The summed E-state index contributed by atoms with van der Waals surface area (Å²) in [7, 11) is 1.50. The van der Waals surface area contributed by atoms with Crippen LogP contribution in [0.25, 0.3) is 0 Å². The van der Waals surface area contributed by atoms with Crippen molar-refractivity contribution in [2.75, 3.05) is 20.1 Å². The van der Waals surface area contributed by atoms with Crippen molar-refractivity contribution in [1.82, 2.24) is 9.91 Å². The standard InChI is InChI=1S/C27H41N3O5/c1-17(2)27(18(3)4)16-30(24(32)33)13-12-20-15-21(10-11-22(20)27)23(31)14-19(5)28-29(9)25(34)35-26(6,7)8/h10-11,15,17-18H,12-14,16H2,1-9H3,(H,32,33)/b28-19+. The summed E-state index contributed by atoms with van der Waals surface area (Å²) in [4.78, 5) is 38.7. The number of Topliss-reactive ketones (excluding diaryl/α,β-unsaturated/α-hetero) is 1. The molecule has 1 aliphatic rings. The molecule has 0 saturated heterocycles. The highest BCUT2D eigenvalue weighted by atomic mass is 16.6. The van der Waals surface area contributed by atoms with Crippen LogP contribution in [0, 0.1) is 11.8 Å². The van der Waals surface area contributed by atoms with Crippen LogP contribution >= 0.6 is 0 Å². The van der Waals surface area contributed by atoms with Gasteiger partial charge in [-0.15, -0.1) is 0 Å². The molecule has 1 heterocycles. The highest BCUT2D eigenvalue weighted by molar-refractivity contribution is 6.09. The summed E-state index contributed by atoms with van der Waals surface area (Å²) in [5.74, 6) is 0.312. The van der Waals surface area contributed by atoms with Crippen molar-refractivity contribution in [3.05, 3.63) is 34.9 Å². The number of ketones is 1. The summed E-state index contributed by atoms with van der Waals surface area (Å²) in [6.07, 6.45) is -0.887. The van der Waals surface area contributed by atoms with E-state index < -0.39 is 17.8 Å². The van der Waals surface area contributed by atoms with Crippen molar-refractivity contribution in [3.63, 3.8) is 0 Å². The number of ether oxygens (including phenoxy) is 1. The Kier molecular flexibility index (Phi) is 8.74. The topological polar surface area (TPSA) is 99.5 Å². The summed E-state index contributed by atoms with van der Waals surface area (Å²) < 4.78 is 5.30. The second-order valence-electron chi connectivity index (χ2n) is 11.1. The number of rotatable bonds is 6. The lowest BCUT2D eigenvalue weighted by Crippen LogP contribution is -2.48. The van der Waals surface area contributed by atoms with Crippen molar-refractivity contribution in [1.29, 1.82) is 0 Å². The molecule has 0 bridgehead atoms. The van der Waals surface area contributed by atoms with E-state index in [0.29, 0.717) is 30.8 Å². The van der Waals surface area contributed by atoms with E-state index in [1.807, 2.05) is 18.2 Å². The van der Waals surface area contributed by atoms with E-state index in [1.165, 1.54) is 11.9 Å². The van der Waals surface area contributed by atoms with Gasteiger partial charge in [0.1, 0.15) is 5.60 Å². The van der Waals surface area contributed by atoms with Gasteiger partial charge in [-0.05, 0) is 63.1 Å². The van der Waals surface area contributed by atoms with Gasteiger partial charge in [0.05, 0.1) is 6.42 Å². The Morgan fingerprint density at radius 3 is 2.29 bits per heavy atom. The first-order valence-corrected chi connectivity index (χ1v) is 12.2. The largest absolute Gasteiger partial charge is 0.465 e. The lowest BCUT2D eigenvalue weighted by Gasteiger charge is -2.44. The second kappa shape index (κ2) is 10.8. The molecule has 2 amide bonds. The number of amides is 2. The van der Waals surface area contributed by atoms with E-state index in [1.54, 1.807) is 27.7 Å². The number of hydrogen-bond acceptors (Lipinski definition) is 5. The van der Waals surface area contributed by atoms with Crippen molar-refractivity contribution >= 4 is 23.7 Å². The van der Waals surface area contributed by atoms with Gasteiger partial charge in [0, 0.05) is 36.8 Å². The number of carboxylic acid groups (broad SMARTS) is 1. The highest BCUT2D eigenvalue weighted by Gasteiger charge is 2.44. The van der Waals surface area contributed by atoms with Crippen LogP contribution in [0.15, 0.2) is 23.3 Å². The van der Waals surface area contributed by atoms with Crippen LogP contribution in [0.2, 0.25) is 0 Å². The number of nitrogens with zero attached hydrogens (tertiary/aromatic N) is 3. The van der Waals surface area contributed by atoms with E-state index >= 15 is 0 Å². The third-order valence-corrected chi connectivity index (χ3v) is 6.76. The molecule has 0 atom stereocenters. The Bertz CT molecular complexity index is 983. The van der Waals surface area contributed by atoms with Crippen LogP contribution in [-0.2, 0) is 16.6 Å². The Morgan fingerprint density at radius 2 is 1.77 bits per heavy atom. The first kappa shape index (κ1) is 28.3. The lowest BCUT2D eigenvalue weighted by molar-refractivity contribution is 0.0302. The molecule has 0 aliphatic carbocycles. The fraction of sp³-hybridized carbons (Fsp3) is 0.630. The maximum absolute atomic E-state index is 13.1. The summed E-state index contributed by atoms with van der Waals surface area (Å²) in [5.41, 5.74) is 2.21. The Morgan fingerprint density at radius 1 is 1.17 bits per heavy atom. The van der Waals surface area contributed by atoms with Crippen LogP contribution in [0.1, 0.15) is 83.3 Å². The molecular weight excluding hydrogens is 446 g/mol. The zero-order chi connectivity index (χ0) is 26.7. The van der Waals surface area contributed by atoms with Gasteiger partial charge in [0.25, 0.3) is 0 Å². The van der Waals surface area contributed by atoms with E-state index in [-0.39, 0.29) is 29.5 Å². The van der Waals surface area contributed by atoms with Gasteiger partial charge in [0.2, 0.25) is 0 Å². The smallest absolute Gasteiger partial charge is 0.430 e. The average molecular weight is 488 g/mol. The molecule has 35 heavy (non-hydrogen) atoms. The fourth-order valence-corrected chi connectivity index (χ4v) is 4.98. The van der Waals surface area contributed by atoms with Crippen molar-refractivity contribution in [2.45, 2.75) is 79.2 Å². The highest BCUT2D eigenvalue weighted by Crippen LogP contribution is 2.44. The molecule has 1 N–H and O–H groups in total. The first-order chi connectivity index (χ1) is 16.1. The van der Waals surface area contributed by atoms with Gasteiger partial charge in [-0.25, -0.2) is 14.6 Å². The van der Waals surface area contributed by atoms with E-state index in [9.17, 15) is 19.5 Å². The Balaban J connectivity index is 2.33. The minimum atomic E-state index is -0.916. The zero-order valence-electron chi connectivity index (χ0n) is 22.6. The molecule has 2 rings (SSSR count). The molecular formula is C27H41N3O5. The third-order valence-electron chi connectivity index (χ3n) is 6.76. The van der Waals surface area contributed by atoms with Gasteiger partial charge >= 0.3 is 12.2 Å². The van der Waals surface area contributed by atoms with Crippen molar-refractivity contribution in [2.24, 2.45) is 16.9 Å². The van der Waals surface area contributed by atoms with E-state index in [2.05, 4.69) is 32.8 Å². The number of carbonyl (C=O) groups is 3. The van der Waals surface area contributed by atoms with E-state index in [4.69, 9.17) is 4.74 Å². The summed E-state index contributed by atoms with van der Waals surface area (Å²) in [6, 6.07) is 5.75. The van der Waals surface area contributed by atoms with Gasteiger partial charge in [-0.3, -0.25) is 4.79 Å². The minimum absolute atomic E-state index is 0.0622. The van der Waals surface area contributed by atoms with E-state index in [0.717, 1.165) is 16.1 Å². The van der Waals surface area contributed by atoms with Crippen LogP contribution in [0.5, 0.6) is 0 Å². The molecule has 0 radical (unpaired) electrons. The molecule has 1 aromatic rings. The summed E-state index contributed by atoms with van der Waals surface area (Å²) in [6.45, 7) is 16.4. The first-order valence-electron chi connectivity index (χ1n) is 12.2. The van der Waals surface area contributed by atoms with Gasteiger partial charge in [-0.1, -0.05) is 39.8 Å². The maximum Gasteiger partial charge on any atom is 0.430 e. The molecule has 1 aromatic carbocycles. The molecule has 0 fully saturated rings. The van der Waals surface area contributed by atoms with Crippen LogP contribution < -0.4 is 0 Å². The van der Waals surface area contributed by atoms with Gasteiger partial charge < -0.3 is 14.7 Å². The predicted molar refractivity (Wildman–Crippen MR) is 137 cm³/mol. The Hall–Kier alpha value is -2.90. The van der Waals surface area contributed by atoms with Gasteiger partial charge in [0.15, 0.2) is 5.78 Å². The number of hydrazone groups is 1. The molecule has 8 nitrogen and oxygen atoms in total. The molecule has 0 spiro atoms. The zero-order valence-corrected chi connectivity index (χ0v) is 22.6. The minimum Gasteiger partial charge on any atom is -0.465 e. The Labute approximate surface area is 209 Å². The molecule has 0 saturated carbocycles. The molecule has 1 aliphatic heterocycles. The SMILES string of the molecule is C/C(CC(=O)c1ccc2c(c1)CCN(C(=O)O)CC2(C(C)C)C(C)C)=N\N(C)C(=O)OC(C)(C)C. The lowest BCUT2D eigenvalue weighted by atomic mass is 9.63. The van der Waals surface area contributed by atoms with Gasteiger partial charge in [-0.2, -0.15) is 5.10 Å². The molecule has 0 aromatic heterocycles. The molecule has 0 unspecified atom stereocenters. The quantitative estimate of drug-likeness (QED) is 0.320. The number of carbonyl (C=O) groups excluding carboxylic acids is 2. The maximum atomic E-state index is 13.1. The summed E-state index contributed by atoms with van der Waals surface area (Å²) in [5, 5.41) is 15.1. The summed E-state index contributed by atoms with van der Waals surface area (Å²) >= 11 is 0. The van der Waals surface area contributed by atoms with Crippen LogP contribution in [0.3, 0.4) is 0 Å². The predicted octanol–water partition coefficient (Wildman–Crippen LogP) is 5.59. The average Bonchev–Trinajstić information content (AvgIpc) is 2.89. The van der Waals surface area contributed by atoms with Crippen LogP contribution in [0.4, 0.5) is 9.59 Å². The van der Waals surface area contributed by atoms with Crippen LogP contribution in [-0.4, -0.2) is 64.4 Å². The molecule has 194 valence electrons. The van der Waals surface area contributed by atoms with Crippen molar-refractivity contribution in [3.8, 4) is 0 Å². The molecule has 8 heteroatoms. The van der Waals surface area contributed by atoms with Crippen molar-refractivity contribution < 1.29 is 24.2 Å². The fourth-order valence-electron chi connectivity index (χ4n) is 4.98. The number of fused-ring (bicyclic) bond motifs is 1. The third kappa shape index (κ3) is 6.61. The normalized spacial score (nSPS) is 16.1. The monoisotopic (exact) mass is 487 g/mol.